The maximum absolute atomic E-state index is 11.6. The molecule has 0 amide bonds. The summed E-state index contributed by atoms with van der Waals surface area (Å²) in [5.41, 5.74) is 3.08. The fraction of sp³-hybridized carbons (Fsp3) is 0.143. The second kappa shape index (κ2) is 7.21. The second-order valence-corrected chi connectivity index (χ2v) is 5.62. The third kappa shape index (κ3) is 3.52. The number of thioether (sulfide) groups is 1. The molecule has 1 aromatic carbocycles. The zero-order valence-corrected chi connectivity index (χ0v) is 13.9. The molecule has 0 unspecified atom stereocenters. The second-order valence-electron chi connectivity index (χ2n) is 3.66. The van der Waals surface area contributed by atoms with Gasteiger partial charge in [0.2, 0.25) is 16.7 Å². The van der Waals surface area contributed by atoms with E-state index in [9.17, 15) is 4.79 Å². The highest BCUT2D eigenvalue weighted by molar-refractivity contribution is 8.00. The largest absolute Gasteiger partial charge is 1.00 e. The molecule has 18 heavy (non-hydrogen) atoms. The fourth-order valence-electron chi connectivity index (χ4n) is 1.61. The van der Waals surface area contributed by atoms with Crippen molar-refractivity contribution in [1.29, 1.82) is 0 Å². The molecule has 0 saturated heterocycles. The summed E-state index contributed by atoms with van der Waals surface area (Å²) < 4.78 is 1.08. The number of halogens is 1. The average Bonchev–Trinajstić information content (AvgIpc) is 2.39. The Labute approximate surface area is 133 Å². The topological polar surface area (TPSA) is 17.1 Å². The van der Waals surface area contributed by atoms with E-state index in [2.05, 4.69) is 17.5 Å². The zero-order valence-electron chi connectivity index (χ0n) is 10.1. The minimum Gasteiger partial charge on any atom is -1.00 e. The summed E-state index contributed by atoms with van der Waals surface area (Å²) in [6.45, 7) is 1.62. The van der Waals surface area contributed by atoms with Crippen molar-refractivity contribution in [2.45, 2.75) is 11.1 Å². The van der Waals surface area contributed by atoms with Crippen LogP contribution in [0.4, 0.5) is 0 Å². The van der Waals surface area contributed by atoms with Crippen molar-refractivity contribution < 1.29 is 28.8 Å². The van der Waals surface area contributed by atoms with Crippen LogP contribution in [0.5, 0.6) is 0 Å². The van der Waals surface area contributed by atoms with Crippen molar-refractivity contribution in [3.05, 3.63) is 47.3 Å². The zero-order chi connectivity index (χ0) is 12.3. The van der Waals surface area contributed by atoms with Crippen LogP contribution < -0.4 is 24.0 Å². The van der Waals surface area contributed by atoms with E-state index in [4.69, 9.17) is 0 Å². The minimum atomic E-state index is 0. The van der Waals surface area contributed by atoms with Crippen LogP contribution in [0.1, 0.15) is 17.3 Å². The van der Waals surface area contributed by atoms with Crippen LogP contribution in [0, 0.1) is 0 Å². The average molecular weight is 388 g/mol. The third-order valence-electron chi connectivity index (χ3n) is 2.48. The highest BCUT2D eigenvalue weighted by Gasteiger charge is 2.18. The van der Waals surface area contributed by atoms with Gasteiger partial charge in [-0.15, -0.1) is 0 Å². The molecule has 0 aliphatic rings. The van der Waals surface area contributed by atoms with Crippen molar-refractivity contribution in [3.8, 4) is 11.1 Å². The number of ketones is 1. The third-order valence-corrected chi connectivity index (χ3v) is 4.67. The normalized spacial score (nSPS) is 9.67. The Balaban J connectivity index is 0.00000162. The summed E-state index contributed by atoms with van der Waals surface area (Å²) in [6.07, 6.45) is 2.00. The molecule has 0 saturated carbocycles. The molecule has 0 fully saturated rings. The number of carbonyl (C=O) groups is 1. The van der Waals surface area contributed by atoms with Crippen LogP contribution in [0.25, 0.3) is 11.1 Å². The van der Waals surface area contributed by atoms with E-state index >= 15 is 0 Å². The Morgan fingerprint density at radius 1 is 1.17 bits per heavy atom. The number of Topliss-reactive ketones (excluding diaryl/α,β-unsaturated/α-hetero) is 1. The van der Waals surface area contributed by atoms with Crippen LogP contribution in [0.3, 0.4) is 0 Å². The molecule has 2 rings (SSSR count). The van der Waals surface area contributed by atoms with E-state index in [-0.39, 0.29) is 29.8 Å². The van der Waals surface area contributed by atoms with Crippen LogP contribution in [0.15, 0.2) is 46.0 Å². The first-order valence-electron chi connectivity index (χ1n) is 5.28. The van der Waals surface area contributed by atoms with Gasteiger partial charge in [0.15, 0.2) is 5.78 Å². The molecule has 1 nitrogen and oxygen atoms in total. The Kier molecular flexibility index (Phi) is 6.25. The lowest BCUT2D eigenvalue weighted by molar-refractivity contribution is -0.0000113. The predicted molar refractivity (Wildman–Crippen MR) is 75.9 cm³/mol. The van der Waals surface area contributed by atoms with Gasteiger partial charge < -0.3 is 24.0 Å². The molecule has 0 aliphatic carbocycles. The summed E-state index contributed by atoms with van der Waals surface area (Å²) in [5.74, 6) is 0.128. The number of benzene rings is 1. The van der Waals surface area contributed by atoms with Crippen LogP contribution in [-0.2, 0) is 0 Å². The molecule has 2 aromatic rings. The maximum Gasteiger partial charge on any atom is 0.274 e. The molecule has 0 bridgehead atoms. The molecule has 0 N–H and O–H groups in total. The summed E-state index contributed by atoms with van der Waals surface area (Å²) in [7, 11) is 0. The van der Waals surface area contributed by atoms with E-state index in [1.165, 1.54) is 0 Å². The molecular formula is C14H13IOS2. The van der Waals surface area contributed by atoms with E-state index in [1.807, 2.05) is 30.5 Å². The fourth-order valence-corrected chi connectivity index (χ4v) is 3.33. The first kappa shape index (κ1) is 15.6. The van der Waals surface area contributed by atoms with Crippen molar-refractivity contribution in [2.75, 3.05) is 6.26 Å². The van der Waals surface area contributed by atoms with E-state index in [1.54, 1.807) is 30.0 Å². The monoisotopic (exact) mass is 388 g/mol. The molecular weight excluding hydrogens is 375 g/mol. The molecule has 0 radical (unpaired) electrons. The molecule has 94 valence electrons. The van der Waals surface area contributed by atoms with Gasteiger partial charge in [0.1, 0.15) is 0 Å². The quantitative estimate of drug-likeness (QED) is 0.344. The van der Waals surface area contributed by atoms with Gasteiger partial charge in [-0.25, -0.2) is 0 Å². The SMILES string of the molecule is CSc1[s+]cc(-c2ccccc2)cc1C(C)=O.[I-]. The molecule has 0 spiro atoms. The smallest absolute Gasteiger partial charge is 0.274 e. The summed E-state index contributed by atoms with van der Waals surface area (Å²) in [4.78, 5) is 11.6. The summed E-state index contributed by atoms with van der Waals surface area (Å²) in [5, 5.41) is 2.10. The van der Waals surface area contributed by atoms with Crippen LogP contribution >= 0.6 is 23.1 Å². The standard InChI is InChI=1S/C14H13OS2.HI/c1-10(15)13-8-12(9-17-14(13)16-2)11-6-4-3-5-7-11;/h3-9H,1-2H3;1H/q+1;/p-1. The lowest BCUT2D eigenvalue weighted by Crippen LogP contribution is -3.00. The van der Waals surface area contributed by atoms with E-state index in [0.29, 0.717) is 0 Å². The molecule has 1 heterocycles. The Bertz CT molecular complexity index is 541. The lowest BCUT2D eigenvalue weighted by Gasteiger charge is -2.00. The Hall–Kier alpha value is -0.460. The first-order valence-corrected chi connectivity index (χ1v) is 7.39. The van der Waals surface area contributed by atoms with E-state index in [0.717, 1.165) is 20.9 Å². The molecule has 0 aliphatic heterocycles. The van der Waals surface area contributed by atoms with E-state index < -0.39 is 0 Å². The van der Waals surface area contributed by atoms with Crippen LogP contribution in [0.2, 0.25) is 0 Å². The number of hydrogen-bond acceptors (Lipinski definition) is 2. The summed E-state index contributed by atoms with van der Waals surface area (Å²) in [6, 6.07) is 12.1. The molecule has 1 aromatic heterocycles. The van der Waals surface area contributed by atoms with Gasteiger partial charge in [-0.1, -0.05) is 42.1 Å². The highest BCUT2D eigenvalue weighted by atomic mass is 127. The minimum absolute atomic E-state index is 0. The van der Waals surface area contributed by atoms with Gasteiger partial charge >= 0.3 is 0 Å². The van der Waals surface area contributed by atoms with Crippen molar-refractivity contribution in [3.63, 3.8) is 0 Å². The molecule has 0 atom stereocenters. The van der Waals surface area contributed by atoms with Gasteiger partial charge in [0.25, 0.3) is 4.21 Å². The van der Waals surface area contributed by atoms with Gasteiger partial charge in [-0.3, -0.25) is 4.79 Å². The maximum atomic E-state index is 11.6. The number of carbonyl (C=O) groups excluding carboxylic acids is 1. The van der Waals surface area contributed by atoms with Crippen molar-refractivity contribution >= 4 is 28.9 Å². The van der Waals surface area contributed by atoms with Gasteiger partial charge in [-0.2, -0.15) is 0 Å². The van der Waals surface area contributed by atoms with Crippen molar-refractivity contribution in [2.24, 2.45) is 0 Å². The van der Waals surface area contributed by atoms with Crippen molar-refractivity contribution in [1.82, 2.24) is 0 Å². The highest BCUT2D eigenvalue weighted by Crippen LogP contribution is 2.31. The lowest BCUT2D eigenvalue weighted by atomic mass is 10.1. The Morgan fingerprint density at radius 3 is 2.39 bits per heavy atom. The predicted octanol–water partition coefficient (Wildman–Crippen LogP) is 1.62. The van der Waals surface area contributed by atoms with Gasteiger partial charge in [-0.05, 0) is 24.8 Å². The number of hydrogen-bond donors (Lipinski definition) is 0. The van der Waals surface area contributed by atoms with Crippen LogP contribution in [-0.4, -0.2) is 12.0 Å². The van der Waals surface area contributed by atoms with Gasteiger partial charge in [0, 0.05) is 5.56 Å². The first-order chi connectivity index (χ1) is 8.22. The molecule has 4 heteroatoms. The van der Waals surface area contributed by atoms with Gasteiger partial charge in [0.05, 0.1) is 5.56 Å². The Morgan fingerprint density at radius 2 is 1.83 bits per heavy atom. The summed E-state index contributed by atoms with van der Waals surface area (Å²) >= 11 is 3.26. The number of rotatable bonds is 3.